The number of nitrogens with one attached hydrogen (secondary N) is 2. The van der Waals surface area contributed by atoms with Crippen molar-refractivity contribution < 1.29 is 4.79 Å². The highest BCUT2D eigenvalue weighted by Crippen LogP contribution is 2.22. The normalized spacial score (nSPS) is 13.7. The topological polar surface area (TPSA) is 54.0 Å². The summed E-state index contributed by atoms with van der Waals surface area (Å²) in [4.78, 5) is 16.9. The van der Waals surface area contributed by atoms with E-state index in [1.165, 1.54) is 0 Å². The standard InChI is InChI=1S/C15H16BrN3O.2ClH/c1-9-4-13(15(20)18-8-10-6-17-7-10)12-3-2-11(16)5-14(12)19-9;;/h2-5,10,17H,6-8H2,1H3,(H,18,20);2*1H. The second-order valence-electron chi connectivity index (χ2n) is 5.21. The first-order chi connectivity index (χ1) is 9.63. The molecule has 7 heteroatoms. The number of amides is 1. The Morgan fingerprint density at radius 1 is 1.36 bits per heavy atom. The van der Waals surface area contributed by atoms with Crippen molar-refractivity contribution in [1.82, 2.24) is 15.6 Å². The van der Waals surface area contributed by atoms with E-state index in [2.05, 4.69) is 31.5 Å². The smallest absolute Gasteiger partial charge is 0.252 e. The number of aryl methyl sites for hydroxylation is 1. The molecule has 1 fully saturated rings. The predicted molar refractivity (Wildman–Crippen MR) is 97.4 cm³/mol. The first-order valence-electron chi connectivity index (χ1n) is 6.69. The first kappa shape index (κ1) is 19.2. The number of pyridine rings is 1. The van der Waals surface area contributed by atoms with Crippen molar-refractivity contribution in [3.8, 4) is 0 Å². The summed E-state index contributed by atoms with van der Waals surface area (Å²) in [6.07, 6.45) is 0. The van der Waals surface area contributed by atoms with Gasteiger partial charge >= 0.3 is 0 Å². The van der Waals surface area contributed by atoms with E-state index < -0.39 is 0 Å². The number of hydrogen-bond acceptors (Lipinski definition) is 3. The molecule has 4 nitrogen and oxygen atoms in total. The second kappa shape index (κ2) is 8.11. The van der Waals surface area contributed by atoms with Gasteiger partial charge < -0.3 is 10.6 Å². The van der Waals surface area contributed by atoms with E-state index >= 15 is 0 Å². The van der Waals surface area contributed by atoms with Crippen LogP contribution < -0.4 is 10.6 Å². The first-order valence-corrected chi connectivity index (χ1v) is 7.48. The molecule has 120 valence electrons. The fourth-order valence-corrected chi connectivity index (χ4v) is 2.70. The van der Waals surface area contributed by atoms with Gasteiger partial charge in [0.1, 0.15) is 0 Å². The number of aromatic nitrogens is 1. The Morgan fingerprint density at radius 3 is 2.73 bits per heavy atom. The summed E-state index contributed by atoms with van der Waals surface area (Å²) < 4.78 is 0.968. The van der Waals surface area contributed by atoms with E-state index in [0.29, 0.717) is 11.5 Å². The molecule has 3 rings (SSSR count). The van der Waals surface area contributed by atoms with Crippen molar-refractivity contribution in [2.45, 2.75) is 6.92 Å². The largest absolute Gasteiger partial charge is 0.352 e. The van der Waals surface area contributed by atoms with Crippen LogP contribution in [0.5, 0.6) is 0 Å². The van der Waals surface area contributed by atoms with Crippen molar-refractivity contribution >= 4 is 57.6 Å². The maximum atomic E-state index is 12.4. The van der Waals surface area contributed by atoms with E-state index in [1.54, 1.807) is 0 Å². The van der Waals surface area contributed by atoms with Crippen LogP contribution >= 0.6 is 40.7 Å². The summed E-state index contributed by atoms with van der Waals surface area (Å²) in [6, 6.07) is 7.66. The predicted octanol–water partition coefficient (Wildman–Crippen LogP) is 3.10. The lowest BCUT2D eigenvalue weighted by molar-refractivity contribution is 0.0943. The van der Waals surface area contributed by atoms with Crippen molar-refractivity contribution in [3.05, 3.63) is 40.0 Å². The molecular weight excluding hydrogens is 389 g/mol. The van der Waals surface area contributed by atoms with E-state index in [4.69, 9.17) is 0 Å². The fraction of sp³-hybridized carbons (Fsp3) is 0.333. The molecule has 0 spiro atoms. The van der Waals surface area contributed by atoms with Gasteiger partial charge in [-0.25, -0.2) is 0 Å². The third-order valence-corrected chi connectivity index (χ3v) is 4.06. The molecule has 1 aliphatic rings. The number of benzene rings is 1. The monoisotopic (exact) mass is 405 g/mol. The SMILES string of the molecule is Cc1cc(C(=O)NCC2CNC2)c2ccc(Br)cc2n1.Cl.Cl. The van der Waals surface area contributed by atoms with Crippen LogP contribution in [-0.4, -0.2) is 30.5 Å². The summed E-state index contributed by atoms with van der Waals surface area (Å²) in [5.41, 5.74) is 2.40. The van der Waals surface area contributed by atoms with Crippen molar-refractivity contribution in [2.75, 3.05) is 19.6 Å². The number of halogens is 3. The average Bonchev–Trinajstić information content (AvgIpc) is 2.35. The lowest BCUT2D eigenvalue weighted by Gasteiger charge is -2.27. The highest BCUT2D eigenvalue weighted by atomic mass is 79.9. The maximum Gasteiger partial charge on any atom is 0.252 e. The summed E-state index contributed by atoms with van der Waals surface area (Å²) in [5.74, 6) is 0.539. The van der Waals surface area contributed by atoms with Gasteiger partial charge in [0.2, 0.25) is 0 Å². The van der Waals surface area contributed by atoms with Crippen LogP contribution in [0.3, 0.4) is 0 Å². The molecule has 1 aliphatic heterocycles. The molecule has 1 amide bonds. The van der Waals surface area contributed by atoms with E-state index in [1.807, 2.05) is 31.2 Å². The highest BCUT2D eigenvalue weighted by Gasteiger charge is 2.18. The van der Waals surface area contributed by atoms with Crippen LogP contribution in [0.15, 0.2) is 28.7 Å². The molecule has 1 aromatic heterocycles. The number of carbonyl (C=O) groups excluding carboxylic acids is 1. The van der Waals surface area contributed by atoms with Gasteiger partial charge in [0.05, 0.1) is 11.1 Å². The molecule has 2 N–H and O–H groups in total. The van der Waals surface area contributed by atoms with Crippen molar-refractivity contribution in [1.29, 1.82) is 0 Å². The molecule has 0 aliphatic carbocycles. The minimum atomic E-state index is -0.0188. The molecule has 0 atom stereocenters. The number of hydrogen-bond donors (Lipinski definition) is 2. The zero-order valence-corrected chi connectivity index (χ0v) is 15.3. The molecular formula is C15H18BrCl2N3O. The Labute approximate surface area is 150 Å². The molecule has 0 radical (unpaired) electrons. The third-order valence-electron chi connectivity index (χ3n) is 3.56. The van der Waals surface area contributed by atoms with E-state index in [-0.39, 0.29) is 30.7 Å². The Bertz CT molecular complexity index is 672. The van der Waals surface area contributed by atoms with Gasteiger partial charge in [-0.05, 0) is 25.1 Å². The van der Waals surface area contributed by atoms with Crippen LogP contribution in [0.2, 0.25) is 0 Å². The van der Waals surface area contributed by atoms with Gasteiger partial charge in [0, 0.05) is 41.1 Å². The van der Waals surface area contributed by atoms with E-state index in [9.17, 15) is 4.79 Å². The van der Waals surface area contributed by atoms with Gasteiger partial charge in [0.15, 0.2) is 0 Å². The minimum absolute atomic E-state index is 0. The minimum Gasteiger partial charge on any atom is -0.352 e. The Hall–Kier alpha value is -0.880. The highest BCUT2D eigenvalue weighted by molar-refractivity contribution is 9.10. The number of rotatable bonds is 3. The summed E-state index contributed by atoms with van der Waals surface area (Å²) in [6.45, 7) is 4.62. The molecule has 1 saturated heterocycles. The van der Waals surface area contributed by atoms with Gasteiger partial charge in [-0.2, -0.15) is 0 Å². The summed E-state index contributed by atoms with van der Waals surface area (Å²) in [5, 5.41) is 7.11. The van der Waals surface area contributed by atoms with Gasteiger partial charge in [-0.3, -0.25) is 9.78 Å². The van der Waals surface area contributed by atoms with Gasteiger partial charge in [-0.1, -0.05) is 22.0 Å². The van der Waals surface area contributed by atoms with Gasteiger partial charge in [-0.15, -0.1) is 24.8 Å². The molecule has 0 bridgehead atoms. The third kappa shape index (κ3) is 4.10. The zero-order valence-electron chi connectivity index (χ0n) is 12.1. The molecule has 0 unspecified atom stereocenters. The number of fused-ring (bicyclic) bond motifs is 1. The summed E-state index contributed by atoms with van der Waals surface area (Å²) >= 11 is 3.44. The fourth-order valence-electron chi connectivity index (χ4n) is 2.35. The molecule has 0 saturated carbocycles. The van der Waals surface area contributed by atoms with Crippen molar-refractivity contribution in [2.24, 2.45) is 5.92 Å². The van der Waals surface area contributed by atoms with Crippen LogP contribution in [0.4, 0.5) is 0 Å². The van der Waals surface area contributed by atoms with Gasteiger partial charge in [0.25, 0.3) is 5.91 Å². The Morgan fingerprint density at radius 2 is 2.09 bits per heavy atom. The van der Waals surface area contributed by atoms with Crippen LogP contribution in [0.1, 0.15) is 16.1 Å². The number of carbonyl (C=O) groups is 1. The molecule has 2 aromatic rings. The average molecular weight is 407 g/mol. The van der Waals surface area contributed by atoms with E-state index in [0.717, 1.165) is 40.7 Å². The lowest BCUT2D eigenvalue weighted by Crippen LogP contribution is -2.48. The molecule has 1 aromatic carbocycles. The Kier molecular flexibility index (Phi) is 7.06. The van der Waals surface area contributed by atoms with Crippen LogP contribution in [0.25, 0.3) is 10.9 Å². The lowest BCUT2D eigenvalue weighted by atomic mass is 10.0. The zero-order chi connectivity index (χ0) is 14.1. The molecule has 22 heavy (non-hydrogen) atoms. The molecule has 2 heterocycles. The van der Waals surface area contributed by atoms with Crippen LogP contribution in [-0.2, 0) is 0 Å². The number of nitrogens with zero attached hydrogens (tertiary/aromatic N) is 1. The van der Waals surface area contributed by atoms with Crippen molar-refractivity contribution in [3.63, 3.8) is 0 Å². The quantitative estimate of drug-likeness (QED) is 0.823. The van der Waals surface area contributed by atoms with Crippen LogP contribution in [0, 0.1) is 12.8 Å². The Balaban J connectivity index is 0.00000121. The summed E-state index contributed by atoms with van der Waals surface area (Å²) in [7, 11) is 0. The second-order valence-corrected chi connectivity index (χ2v) is 6.12. The maximum absolute atomic E-state index is 12.4.